The van der Waals surface area contributed by atoms with Gasteiger partial charge in [-0.05, 0) is 24.3 Å². The summed E-state index contributed by atoms with van der Waals surface area (Å²) in [6.45, 7) is 0. The van der Waals surface area contributed by atoms with E-state index in [1.165, 1.54) is 53.7 Å². The van der Waals surface area contributed by atoms with E-state index in [0.717, 1.165) is 0 Å². The monoisotopic (exact) mass is 411 g/mol. The summed E-state index contributed by atoms with van der Waals surface area (Å²) >= 11 is 5.81. The summed E-state index contributed by atoms with van der Waals surface area (Å²) in [5.74, 6) is -1.10. The number of carboxylic acids is 1. The first-order valence-electron chi connectivity index (χ1n) is 8.16. The number of hydrogen-bond donors (Lipinski definition) is 2. The number of carboxylic acid groups (broad SMARTS) is 1. The molecular formula is C18H11ClFN7O2. The second-order valence-electron chi connectivity index (χ2n) is 5.80. The Kier molecular flexibility index (Phi) is 4.83. The highest BCUT2D eigenvalue weighted by molar-refractivity contribution is 6.31. The highest BCUT2D eigenvalue weighted by Gasteiger charge is 2.15. The number of hydrogen-bond acceptors (Lipinski definition) is 7. The lowest BCUT2D eigenvalue weighted by molar-refractivity contribution is 0.0696. The van der Waals surface area contributed by atoms with Crippen LogP contribution < -0.4 is 5.32 Å². The van der Waals surface area contributed by atoms with Crippen molar-refractivity contribution in [2.75, 3.05) is 5.32 Å². The fourth-order valence-electron chi connectivity index (χ4n) is 2.54. The molecular weight excluding hydrogens is 401 g/mol. The second kappa shape index (κ2) is 7.60. The highest BCUT2D eigenvalue weighted by Crippen LogP contribution is 2.27. The lowest BCUT2D eigenvalue weighted by atomic mass is 10.1. The third kappa shape index (κ3) is 3.87. The van der Waals surface area contributed by atoms with Crippen molar-refractivity contribution in [1.82, 2.24) is 29.9 Å². The normalized spacial score (nSPS) is 10.7. The van der Waals surface area contributed by atoms with Crippen LogP contribution in [0.15, 0.2) is 55.2 Å². The number of benzene rings is 1. The van der Waals surface area contributed by atoms with E-state index in [9.17, 15) is 14.3 Å². The molecule has 0 saturated heterocycles. The summed E-state index contributed by atoms with van der Waals surface area (Å²) in [7, 11) is 0. The fourth-order valence-corrected chi connectivity index (χ4v) is 2.72. The van der Waals surface area contributed by atoms with E-state index in [0.29, 0.717) is 22.6 Å². The molecule has 0 amide bonds. The molecule has 0 spiro atoms. The second-order valence-corrected chi connectivity index (χ2v) is 6.21. The van der Waals surface area contributed by atoms with Gasteiger partial charge >= 0.3 is 5.97 Å². The molecule has 0 radical (unpaired) electrons. The molecule has 0 fully saturated rings. The predicted molar refractivity (Wildman–Crippen MR) is 102 cm³/mol. The van der Waals surface area contributed by atoms with Crippen molar-refractivity contribution in [3.05, 3.63) is 71.7 Å². The Morgan fingerprint density at radius 2 is 2.07 bits per heavy atom. The lowest BCUT2D eigenvalue weighted by Gasteiger charge is -2.11. The van der Waals surface area contributed by atoms with Gasteiger partial charge in [0.25, 0.3) is 0 Å². The van der Waals surface area contributed by atoms with E-state index in [4.69, 9.17) is 11.6 Å². The van der Waals surface area contributed by atoms with Gasteiger partial charge in [-0.1, -0.05) is 16.8 Å². The molecule has 1 aromatic carbocycles. The molecule has 0 aliphatic heterocycles. The van der Waals surface area contributed by atoms with Crippen LogP contribution in [0.2, 0.25) is 5.02 Å². The molecule has 0 aliphatic carbocycles. The van der Waals surface area contributed by atoms with E-state index < -0.39 is 11.8 Å². The van der Waals surface area contributed by atoms with Crippen LogP contribution in [0.5, 0.6) is 0 Å². The van der Waals surface area contributed by atoms with Gasteiger partial charge in [0.05, 0.1) is 23.0 Å². The van der Waals surface area contributed by atoms with E-state index in [-0.39, 0.29) is 16.5 Å². The molecule has 0 aliphatic rings. The summed E-state index contributed by atoms with van der Waals surface area (Å²) in [4.78, 5) is 23.9. The maximum atomic E-state index is 13.4. The molecule has 4 aromatic rings. The Morgan fingerprint density at radius 1 is 1.21 bits per heavy atom. The van der Waals surface area contributed by atoms with Crippen molar-refractivity contribution in [3.8, 4) is 16.9 Å². The number of aromatic carboxylic acids is 1. The van der Waals surface area contributed by atoms with Gasteiger partial charge in [-0.2, -0.15) is 4.98 Å². The zero-order valence-electron chi connectivity index (χ0n) is 14.5. The topological polar surface area (TPSA) is 119 Å². The molecule has 11 heteroatoms. The van der Waals surface area contributed by atoms with Crippen LogP contribution in [0.4, 0.5) is 16.0 Å². The third-order valence-corrected chi connectivity index (χ3v) is 4.17. The van der Waals surface area contributed by atoms with E-state index >= 15 is 0 Å². The van der Waals surface area contributed by atoms with Gasteiger partial charge in [-0.25, -0.2) is 18.9 Å². The number of anilines is 2. The van der Waals surface area contributed by atoms with Crippen LogP contribution >= 0.6 is 11.6 Å². The first kappa shape index (κ1) is 18.4. The molecule has 4 rings (SSSR count). The molecule has 0 bridgehead atoms. The van der Waals surface area contributed by atoms with E-state index in [1.807, 2.05) is 0 Å². The highest BCUT2D eigenvalue weighted by atomic mass is 35.5. The van der Waals surface area contributed by atoms with Gasteiger partial charge in [-0.15, -0.1) is 5.10 Å². The van der Waals surface area contributed by atoms with Gasteiger partial charge < -0.3 is 10.4 Å². The van der Waals surface area contributed by atoms with Crippen LogP contribution in [0.1, 0.15) is 10.4 Å². The van der Waals surface area contributed by atoms with Crippen LogP contribution in [0, 0.1) is 5.82 Å². The number of carbonyl (C=O) groups is 1. The van der Waals surface area contributed by atoms with Crippen molar-refractivity contribution >= 4 is 29.2 Å². The number of aromatic nitrogens is 6. The Labute approximate surface area is 167 Å². The smallest absolute Gasteiger partial charge is 0.337 e. The van der Waals surface area contributed by atoms with E-state index in [2.05, 4.69) is 30.6 Å². The van der Waals surface area contributed by atoms with Crippen molar-refractivity contribution in [3.63, 3.8) is 0 Å². The average molecular weight is 412 g/mol. The number of pyridine rings is 1. The molecule has 144 valence electrons. The maximum absolute atomic E-state index is 13.4. The molecule has 2 N–H and O–H groups in total. The molecule has 3 heterocycles. The SMILES string of the molecule is O=C(O)c1cncc(-c2cnc(Nc3ccc(F)c(Cl)c3)nc2-n2ccnn2)c1. The van der Waals surface area contributed by atoms with Crippen LogP contribution in [0.3, 0.4) is 0 Å². The van der Waals surface area contributed by atoms with Crippen LogP contribution in [-0.2, 0) is 0 Å². The largest absolute Gasteiger partial charge is 0.478 e. The molecule has 9 nitrogen and oxygen atoms in total. The third-order valence-electron chi connectivity index (χ3n) is 3.88. The minimum Gasteiger partial charge on any atom is -0.478 e. The Bertz CT molecular complexity index is 1200. The predicted octanol–water partition coefficient (Wildman–Crippen LogP) is 3.35. The minimum atomic E-state index is -1.10. The average Bonchev–Trinajstić information content (AvgIpc) is 3.25. The molecule has 0 saturated carbocycles. The summed E-state index contributed by atoms with van der Waals surface area (Å²) < 4.78 is 14.8. The number of halogens is 2. The van der Waals surface area contributed by atoms with Gasteiger partial charge in [0, 0.05) is 35.4 Å². The molecule has 29 heavy (non-hydrogen) atoms. The number of nitrogens with zero attached hydrogens (tertiary/aromatic N) is 6. The Hall–Kier alpha value is -3.92. The van der Waals surface area contributed by atoms with Gasteiger partial charge in [0.2, 0.25) is 5.95 Å². The summed E-state index contributed by atoms with van der Waals surface area (Å²) in [5.41, 5.74) is 1.50. The maximum Gasteiger partial charge on any atom is 0.337 e. The van der Waals surface area contributed by atoms with Crippen LogP contribution in [0.25, 0.3) is 16.9 Å². The zero-order valence-corrected chi connectivity index (χ0v) is 15.2. The lowest BCUT2D eigenvalue weighted by Crippen LogP contribution is -2.07. The van der Waals surface area contributed by atoms with Gasteiger partial charge in [0.1, 0.15) is 5.82 Å². The molecule has 3 aromatic heterocycles. The first-order chi connectivity index (χ1) is 14.0. The number of nitrogens with one attached hydrogen (secondary N) is 1. The summed E-state index contributed by atoms with van der Waals surface area (Å²) in [6.07, 6.45) is 7.30. The van der Waals surface area contributed by atoms with E-state index in [1.54, 1.807) is 6.20 Å². The number of rotatable bonds is 5. The van der Waals surface area contributed by atoms with Crippen molar-refractivity contribution in [1.29, 1.82) is 0 Å². The fraction of sp³-hybridized carbons (Fsp3) is 0. The van der Waals surface area contributed by atoms with Crippen LogP contribution in [-0.4, -0.2) is 41.0 Å². The van der Waals surface area contributed by atoms with Gasteiger partial charge in [0.15, 0.2) is 5.82 Å². The summed E-state index contributed by atoms with van der Waals surface area (Å²) in [5, 5.41) is 19.8. The zero-order chi connectivity index (χ0) is 20.4. The quantitative estimate of drug-likeness (QED) is 0.513. The standard InChI is InChI=1S/C18H11ClFN7O2/c19-14-6-12(1-2-15(14)20)24-18-22-9-13(16(25-18)27-4-3-23-26-27)10-5-11(17(28)29)8-21-7-10/h1-9H,(H,28,29)(H,22,24,25). The Morgan fingerprint density at radius 3 is 2.79 bits per heavy atom. The first-order valence-corrected chi connectivity index (χ1v) is 8.53. The van der Waals surface area contributed by atoms with Gasteiger partial charge in [-0.3, -0.25) is 4.98 Å². The van der Waals surface area contributed by atoms with Crippen molar-refractivity contribution < 1.29 is 14.3 Å². The minimum absolute atomic E-state index is 0.0233. The molecule has 0 unspecified atom stereocenters. The summed E-state index contributed by atoms with van der Waals surface area (Å²) in [6, 6.07) is 5.58. The van der Waals surface area contributed by atoms with Crippen molar-refractivity contribution in [2.24, 2.45) is 0 Å². The Balaban J connectivity index is 1.78. The van der Waals surface area contributed by atoms with Crippen molar-refractivity contribution in [2.45, 2.75) is 0 Å². The molecule has 0 atom stereocenters.